The third-order valence-corrected chi connectivity index (χ3v) is 3.00. The number of benzene rings is 1. The molecule has 0 spiro atoms. The van der Waals surface area contributed by atoms with Crippen LogP contribution < -0.4 is 4.74 Å². The predicted molar refractivity (Wildman–Crippen MR) is 64.2 cm³/mol. The van der Waals surface area contributed by atoms with E-state index < -0.39 is 23.8 Å². The van der Waals surface area contributed by atoms with Gasteiger partial charge in [0.05, 0.1) is 5.92 Å². The predicted octanol–water partition coefficient (Wildman–Crippen LogP) is 1.14. The fraction of sp³-hybridized carbons (Fsp3) is 0.385. The van der Waals surface area contributed by atoms with Gasteiger partial charge in [-0.1, -0.05) is 6.07 Å². The van der Waals surface area contributed by atoms with Crippen molar-refractivity contribution in [1.82, 2.24) is 4.90 Å². The zero-order chi connectivity index (χ0) is 14.0. The lowest BCUT2D eigenvalue weighted by atomic mass is 10.00. The molecule has 1 aliphatic rings. The molecule has 1 fully saturated rings. The highest BCUT2D eigenvalue weighted by molar-refractivity contribution is 5.84. The van der Waals surface area contributed by atoms with Crippen LogP contribution in [0, 0.1) is 11.7 Å². The highest BCUT2D eigenvalue weighted by Crippen LogP contribution is 2.19. The number of carboxylic acid groups (broad SMARTS) is 1. The summed E-state index contributed by atoms with van der Waals surface area (Å²) in [6, 6.07) is 5.53. The second kappa shape index (κ2) is 5.26. The molecule has 102 valence electrons. The van der Waals surface area contributed by atoms with E-state index in [4.69, 9.17) is 9.84 Å². The number of ether oxygens (including phenoxy) is 1. The molecule has 6 heteroatoms. The number of amides is 1. The van der Waals surface area contributed by atoms with Crippen LogP contribution in [0.4, 0.5) is 4.39 Å². The molecule has 2 rings (SSSR count). The number of hydrogen-bond acceptors (Lipinski definition) is 3. The molecule has 1 aromatic rings. The van der Waals surface area contributed by atoms with Gasteiger partial charge in [0, 0.05) is 19.2 Å². The van der Waals surface area contributed by atoms with Gasteiger partial charge < -0.3 is 14.7 Å². The van der Waals surface area contributed by atoms with Crippen molar-refractivity contribution < 1.29 is 23.8 Å². The van der Waals surface area contributed by atoms with Crippen LogP contribution in [-0.4, -0.2) is 41.1 Å². The summed E-state index contributed by atoms with van der Waals surface area (Å²) in [5, 5.41) is 8.73. The number of carboxylic acids is 1. The molecule has 1 amide bonds. The lowest BCUT2D eigenvalue weighted by molar-refractivity contribution is -0.155. The van der Waals surface area contributed by atoms with E-state index in [9.17, 15) is 14.0 Å². The quantitative estimate of drug-likeness (QED) is 0.888. The zero-order valence-corrected chi connectivity index (χ0v) is 10.4. The minimum Gasteiger partial charge on any atom is -0.481 e. The van der Waals surface area contributed by atoms with E-state index in [-0.39, 0.29) is 24.7 Å². The number of nitrogens with zero attached hydrogens (tertiary/aromatic N) is 1. The maximum absolute atomic E-state index is 13.0. The summed E-state index contributed by atoms with van der Waals surface area (Å²) < 4.78 is 18.3. The molecule has 0 saturated carbocycles. The first-order chi connectivity index (χ1) is 8.97. The SMILES string of the molecule is CC(Oc1cccc(F)c1)C(=O)N1CC(C(=O)O)C1. The molecular formula is C13H14FNO4. The van der Waals surface area contributed by atoms with Gasteiger partial charge in [-0.15, -0.1) is 0 Å². The van der Waals surface area contributed by atoms with Crippen LogP contribution in [-0.2, 0) is 9.59 Å². The van der Waals surface area contributed by atoms with Crippen molar-refractivity contribution in [2.24, 2.45) is 5.92 Å². The third-order valence-electron chi connectivity index (χ3n) is 3.00. The second-order valence-electron chi connectivity index (χ2n) is 4.50. The van der Waals surface area contributed by atoms with Crippen LogP contribution in [0.25, 0.3) is 0 Å². The molecule has 1 aliphatic heterocycles. The number of carbonyl (C=O) groups is 2. The van der Waals surface area contributed by atoms with Crippen molar-refractivity contribution in [2.75, 3.05) is 13.1 Å². The smallest absolute Gasteiger partial charge is 0.310 e. The van der Waals surface area contributed by atoms with E-state index in [1.165, 1.54) is 23.1 Å². The molecule has 0 bridgehead atoms. The van der Waals surface area contributed by atoms with Crippen LogP contribution in [0.1, 0.15) is 6.92 Å². The minimum atomic E-state index is -0.900. The Labute approximate surface area is 109 Å². The summed E-state index contributed by atoms with van der Waals surface area (Å²) in [5.74, 6) is -1.85. The normalized spacial score (nSPS) is 16.6. The van der Waals surface area contributed by atoms with E-state index in [1.54, 1.807) is 13.0 Å². The van der Waals surface area contributed by atoms with E-state index in [1.807, 2.05) is 0 Å². The Hall–Kier alpha value is -2.11. The zero-order valence-electron chi connectivity index (χ0n) is 10.4. The van der Waals surface area contributed by atoms with Crippen molar-refractivity contribution >= 4 is 11.9 Å². The Balaban J connectivity index is 1.89. The average molecular weight is 267 g/mol. The first kappa shape index (κ1) is 13.3. The first-order valence-corrected chi connectivity index (χ1v) is 5.91. The standard InChI is InChI=1S/C13H14FNO4/c1-8(19-11-4-2-3-10(14)5-11)12(16)15-6-9(7-15)13(17)18/h2-5,8-9H,6-7H2,1H3,(H,17,18). The van der Waals surface area contributed by atoms with Gasteiger partial charge in [0.2, 0.25) is 0 Å². The molecule has 1 heterocycles. The van der Waals surface area contributed by atoms with E-state index >= 15 is 0 Å². The van der Waals surface area contributed by atoms with Crippen LogP contribution in [0.3, 0.4) is 0 Å². The number of likely N-dealkylation sites (tertiary alicyclic amines) is 1. The monoisotopic (exact) mass is 267 g/mol. The van der Waals surface area contributed by atoms with Crippen LogP contribution in [0.5, 0.6) is 5.75 Å². The Morgan fingerprint density at radius 1 is 1.47 bits per heavy atom. The van der Waals surface area contributed by atoms with E-state index in [0.29, 0.717) is 0 Å². The third kappa shape index (κ3) is 3.01. The number of carbonyl (C=O) groups excluding carboxylic acids is 1. The molecule has 0 radical (unpaired) electrons. The van der Waals surface area contributed by atoms with Crippen molar-refractivity contribution in [3.63, 3.8) is 0 Å². The van der Waals surface area contributed by atoms with Crippen molar-refractivity contribution in [2.45, 2.75) is 13.0 Å². The lowest BCUT2D eigenvalue weighted by Crippen LogP contribution is -2.56. The molecule has 19 heavy (non-hydrogen) atoms. The highest BCUT2D eigenvalue weighted by atomic mass is 19.1. The first-order valence-electron chi connectivity index (χ1n) is 5.91. The van der Waals surface area contributed by atoms with Crippen LogP contribution in [0.15, 0.2) is 24.3 Å². The molecule has 1 unspecified atom stereocenters. The average Bonchev–Trinajstić information content (AvgIpc) is 2.26. The van der Waals surface area contributed by atoms with Crippen molar-refractivity contribution in [1.29, 1.82) is 0 Å². The molecule has 1 aromatic carbocycles. The Bertz CT molecular complexity index is 499. The molecule has 0 aromatic heterocycles. The van der Waals surface area contributed by atoms with Gasteiger partial charge in [-0.05, 0) is 19.1 Å². The highest BCUT2D eigenvalue weighted by Gasteiger charge is 2.37. The Kier molecular flexibility index (Phi) is 3.69. The molecule has 0 aliphatic carbocycles. The maximum Gasteiger partial charge on any atom is 0.310 e. The minimum absolute atomic E-state index is 0.199. The molecule has 1 saturated heterocycles. The largest absolute Gasteiger partial charge is 0.481 e. The van der Waals surface area contributed by atoms with Crippen molar-refractivity contribution in [3.05, 3.63) is 30.1 Å². The van der Waals surface area contributed by atoms with E-state index in [0.717, 1.165) is 0 Å². The number of rotatable bonds is 4. The summed E-state index contributed by atoms with van der Waals surface area (Å²) in [4.78, 5) is 24.0. The van der Waals surface area contributed by atoms with Gasteiger partial charge in [0.15, 0.2) is 6.10 Å². The number of aliphatic carboxylic acids is 1. The van der Waals surface area contributed by atoms with Gasteiger partial charge in [0.1, 0.15) is 11.6 Å². The summed E-state index contributed by atoms with van der Waals surface area (Å²) in [6.45, 7) is 1.96. The van der Waals surface area contributed by atoms with Gasteiger partial charge in [0.25, 0.3) is 5.91 Å². The van der Waals surface area contributed by atoms with Crippen LogP contribution in [0.2, 0.25) is 0 Å². The Morgan fingerprint density at radius 2 is 2.16 bits per heavy atom. The number of halogens is 1. The fourth-order valence-corrected chi connectivity index (χ4v) is 1.87. The topological polar surface area (TPSA) is 66.8 Å². The molecule has 5 nitrogen and oxygen atoms in total. The fourth-order valence-electron chi connectivity index (χ4n) is 1.87. The van der Waals surface area contributed by atoms with E-state index in [2.05, 4.69) is 0 Å². The lowest BCUT2D eigenvalue weighted by Gasteiger charge is -2.38. The summed E-state index contributed by atoms with van der Waals surface area (Å²) >= 11 is 0. The second-order valence-corrected chi connectivity index (χ2v) is 4.50. The van der Waals surface area contributed by atoms with Gasteiger partial charge in [-0.25, -0.2) is 4.39 Å². The van der Waals surface area contributed by atoms with Gasteiger partial charge >= 0.3 is 5.97 Å². The summed E-state index contributed by atoms with van der Waals surface area (Å²) in [7, 11) is 0. The maximum atomic E-state index is 13.0. The Morgan fingerprint density at radius 3 is 2.74 bits per heavy atom. The van der Waals surface area contributed by atoms with Crippen LogP contribution >= 0.6 is 0 Å². The summed E-state index contributed by atoms with van der Waals surface area (Å²) in [6.07, 6.45) is -0.767. The molecule has 1 N–H and O–H groups in total. The summed E-state index contributed by atoms with van der Waals surface area (Å²) in [5.41, 5.74) is 0. The van der Waals surface area contributed by atoms with Gasteiger partial charge in [-0.3, -0.25) is 9.59 Å². The van der Waals surface area contributed by atoms with Crippen molar-refractivity contribution in [3.8, 4) is 5.75 Å². The molecule has 1 atom stereocenters. The molecular weight excluding hydrogens is 253 g/mol. The van der Waals surface area contributed by atoms with Gasteiger partial charge in [-0.2, -0.15) is 0 Å². The number of hydrogen-bond donors (Lipinski definition) is 1.